The van der Waals surface area contributed by atoms with Crippen LogP contribution in [0.5, 0.6) is 0 Å². The van der Waals surface area contributed by atoms with Crippen molar-refractivity contribution in [2.24, 2.45) is 0 Å². The van der Waals surface area contributed by atoms with Crippen molar-refractivity contribution in [1.29, 1.82) is 0 Å². The van der Waals surface area contributed by atoms with Gasteiger partial charge in [-0.25, -0.2) is 0 Å². The second-order valence-corrected chi connectivity index (χ2v) is 6.03. The van der Waals surface area contributed by atoms with Gasteiger partial charge in [-0.3, -0.25) is 4.79 Å². The van der Waals surface area contributed by atoms with Crippen LogP contribution < -0.4 is 0 Å². The SMILES string of the molecule is O=C(CCc1ccco1)N(Cc1ccc(C(F)(F)F)cc1)C1CC1. The molecule has 1 amide bonds. The predicted octanol–water partition coefficient (Wildman–Crippen LogP) is 4.42. The summed E-state index contributed by atoms with van der Waals surface area (Å²) in [5.41, 5.74) is 0.0367. The number of furan rings is 1. The molecule has 1 heterocycles. The molecule has 1 saturated carbocycles. The smallest absolute Gasteiger partial charge is 0.416 e. The van der Waals surface area contributed by atoms with Gasteiger partial charge in [0.25, 0.3) is 0 Å². The molecule has 0 spiro atoms. The van der Waals surface area contributed by atoms with E-state index in [1.807, 2.05) is 6.07 Å². The second kappa shape index (κ2) is 6.71. The van der Waals surface area contributed by atoms with Crippen LogP contribution in [0.4, 0.5) is 13.2 Å². The molecule has 3 rings (SSSR count). The van der Waals surface area contributed by atoms with E-state index in [1.54, 1.807) is 17.2 Å². The van der Waals surface area contributed by atoms with Gasteiger partial charge in [0.15, 0.2) is 0 Å². The van der Waals surface area contributed by atoms with Crippen molar-refractivity contribution in [1.82, 2.24) is 4.90 Å². The maximum absolute atomic E-state index is 12.6. The third kappa shape index (κ3) is 4.19. The number of nitrogens with zero attached hydrogens (tertiary/aromatic N) is 1. The first kappa shape index (κ1) is 16.6. The molecule has 128 valence electrons. The number of hydrogen-bond acceptors (Lipinski definition) is 2. The summed E-state index contributed by atoms with van der Waals surface area (Å²) in [6.07, 6.45) is 0.00120. The normalized spacial score (nSPS) is 14.6. The minimum Gasteiger partial charge on any atom is -0.469 e. The molecule has 3 nitrogen and oxygen atoms in total. The van der Waals surface area contributed by atoms with Gasteiger partial charge < -0.3 is 9.32 Å². The number of carbonyl (C=O) groups excluding carboxylic acids is 1. The van der Waals surface area contributed by atoms with Crippen LogP contribution in [0.25, 0.3) is 0 Å². The first-order valence-corrected chi connectivity index (χ1v) is 7.91. The van der Waals surface area contributed by atoms with Gasteiger partial charge in [0.1, 0.15) is 5.76 Å². The molecule has 0 radical (unpaired) electrons. The molecule has 0 saturated heterocycles. The van der Waals surface area contributed by atoms with E-state index >= 15 is 0 Å². The summed E-state index contributed by atoms with van der Waals surface area (Å²) in [6, 6.07) is 8.82. The number of hydrogen-bond donors (Lipinski definition) is 0. The van der Waals surface area contributed by atoms with Crippen molar-refractivity contribution in [2.45, 2.75) is 44.4 Å². The molecule has 2 aromatic rings. The summed E-state index contributed by atoms with van der Waals surface area (Å²) >= 11 is 0. The molecule has 0 atom stereocenters. The molecule has 1 aromatic heterocycles. The summed E-state index contributed by atoms with van der Waals surface area (Å²) in [6.45, 7) is 0.347. The molecule has 1 aromatic carbocycles. The van der Waals surface area contributed by atoms with Crippen molar-refractivity contribution in [2.75, 3.05) is 0 Å². The summed E-state index contributed by atoms with van der Waals surface area (Å²) in [7, 11) is 0. The number of carbonyl (C=O) groups is 1. The number of rotatable bonds is 6. The topological polar surface area (TPSA) is 33.5 Å². The summed E-state index contributed by atoms with van der Waals surface area (Å²) in [5.74, 6) is 0.766. The maximum atomic E-state index is 12.6. The van der Waals surface area contributed by atoms with E-state index in [2.05, 4.69) is 0 Å². The zero-order valence-corrected chi connectivity index (χ0v) is 13.1. The minimum atomic E-state index is -4.34. The third-order valence-electron chi connectivity index (χ3n) is 4.11. The molecular weight excluding hydrogens is 319 g/mol. The van der Waals surface area contributed by atoms with Gasteiger partial charge in [0, 0.05) is 25.4 Å². The maximum Gasteiger partial charge on any atom is 0.416 e. The van der Waals surface area contributed by atoms with Crippen LogP contribution in [0.1, 0.15) is 36.1 Å². The van der Waals surface area contributed by atoms with E-state index in [-0.39, 0.29) is 11.9 Å². The van der Waals surface area contributed by atoms with Crippen molar-refractivity contribution >= 4 is 5.91 Å². The highest BCUT2D eigenvalue weighted by Crippen LogP contribution is 2.31. The van der Waals surface area contributed by atoms with Crippen molar-refractivity contribution < 1.29 is 22.4 Å². The number of alkyl halides is 3. The fraction of sp³-hybridized carbons (Fsp3) is 0.389. The summed E-state index contributed by atoms with van der Waals surface area (Å²) in [5, 5.41) is 0. The number of aryl methyl sites for hydroxylation is 1. The lowest BCUT2D eigenvalue weighted by Gasteiger charge is -2.22. The van der Waals surface area contributed by atoms with Crippen LogP contribution in [0.3, 0.4) is 0 Å². The first-order valence-electron chi connectivity index (χ1n) is 7.91. The monoisotopic (exact) mass is 337 g/mol. The molecule has 1 fully saturated rings. The second-order valence-electron chi connectivity index (χ2n) is 6.03. The van der Waals surface area contributed by atoms with Crippen LogP contribution in [-0.2, 0) is 23.9 Å². The van der Waals surface area contributed by atoms with Crippen LogP contribution in [0, 0.1) is 0 Å². The van der Waals surface area contributed by atoms with Gasteiger partial charge in [0.05, 0.1) is 11.8 Å². The van der Waals surface area contributed by atoms with E-state index in [1.165, 1.54) is 12.1 Å². The van der Waals surface area contributed by atoms with Gasteiger partial charge in [0.2, 0.25) is 5.91 Å². The van der Waals surface area contributed by atoms with Crippen LogP contribution in [-0.4, -0.2) is 16.8 Å². The van der Waals surface area contributed by atoms with Crippen LogP contribution in [0.15, 0.2) is 47.1 Å². The van der Waals surface area contributed by atoms with Gasteiger partial charge >= 0.3 is 6.18 Å². The molecule has 1 aliphatic rings. The zero-order chi connectivity index (χ0) is 17.2. The minimum absolute atomic E-state index is 0.00815. The van der Waals surface area contributed by atoms with Crippen molar-refractivity contribution in [3.63, 3.8) is 0 Å². The molecule has 0 unspecified atom stereocenters. The number of halogens is 3. The lowest BCUT2D eigenvalue weighted by atomic mass is 10.1. The lowest BCUT2D eigenvalue weighted by Crippen LogP contribution is -2.32. The van der Waals surface area contributed by atoms with Crippen LogP contribution >= 0.6 is 0 Å². The van der Waals surface area contributed by atoms with E-state index in [4.69, 9.17) is 4.42 Å². The third-order valence-corrected chi connectivity index (χ3v) is 4.11. The Morgan fingerprint density at radius 2 is 1.88 bits per heavy atom. The fourth-order valence-corrected chi connectivity index (χ4v) is 2.63. The van der Waals surface area contributed by atoms with Crippen molar-refractivity contribution in [3.8, 4) is 0 Å². The Kier molecular flexibility index (Phi) is 4.64. The Morgan fingerprint density at radius 3 is 2.42 bits per heavy atom. The molecule has 1 aliphatic carbocycles. The Morgan fingerprint density at radius 1 is 1.17 bits per heavy atom. The fourth-order valence-electron chi connectivity index (χ4n) is 2.63. The first-order chi connectivity index (χ1) is 11.4. The Balaban J connectivity index is 1.62. The molecule has 0 N–H and O–H groups in total. The van der Waals surface area contributed by atoms with E-state index < -0.39 is 11.7 Å². The molecular formula is C18H18F3NO2. The zero-order valence-electron chi connectivity index (χ0n) is 13.1. The van der Waals surface area contributed by atoms with Gasteiger partial charge in [-0.1, -0.05) is 12.1 Å². The van der Waals surface area contributed by atoms with Gasteiger partial charge in [-0.15, -0.1) is 0 Å². The average molecular weight is 337 g/mol. The van der Waals surface area contributed by atoms with Crippen molar-refractivity contribution in [3.05, 3.63) is 59.5 Å². The van der Waals surface area contributed by atoms with E-state index in [0.717, 1.165) is 30.7 Å². The quantitative estimate of drug-likeness (QED) is 0.782. The Labute approximate surface area is 138 Å². The summed E-state index contributed by atoms with van der Waals surface area (Å²) < 4.78 is 43.1. The van der Waals surface area contributed by atoms with Gasteiger partial charge in [-0.2, -0.15) is 13.2 Å². The average Bonchev–Trinajstić information content (AvgIpc) is 3.25. The van der Waals surface area contributed by atoms with E-state index in [0.29, 0.717) is 24.9 Å². The number of amides is 1. The highest BCUT2D eigenvalue weighted by atomic mass is 19.4. The Hall–Kier alpha value is -2.24. The predicted molar refractivity (Wildman–Crippen MR) is 82.0 cm³/mol. The molecule has 6 heteroatoms. The summed E-state index contributed by atoms with van der Waals surface area (Å²) in [4.78, 5) is 14.2. The Bertz CT molecular complexity index is 673. The molecule has 0 aliphatic heterocycles. The molecule has 0 bridgehead atoms. The van der Waals surface area contributed by atoms with E-state index in [9.17, 15) is 18.0 Å². The standard InChI is InChI=1S/C18H18F3NO2/c19-18(20,21)14-5-3-13(4-6-14)12-22(15-7-8-15)17(23)10-9-16-2-1-11-24-16/h1-6,11,15H,7-10,12H2. The highest BCUT2D eigenvalue weighted by molar-refractivity contribution is 5.77. The largest absolute Gasteiger partial charge is 0.469 e. The number of benzene rings is 1. The van der Waals surface area contributed by atoms with Crippen LogP contribution in [0.2, 0.25) is 0 Å². The lowest BCUT2D eigenvalue weighted by molar-refractivity contribution is -0.137. The highest BCUT2D eigenvalue weighted by Gasteiger charge is 2.33. The van der Waals surface area contributed by atoms with Gasteiger partial charge in [-0.05, 0) is 42.7 Å². The molecule has 24 heavy (non-hydrogen) atoms.